The van der Waals surface area contributed by atoms with Gasteiger partial charge < -0.3 is 9.47 Å². The summed E-state index contributed by atoms with van der Waals surface area (Å²) in [5, 5.41) is 8.63. The minimum absolute atomic E-state index is 0.416. The summed E-state index contributed by atoms with van der Waals surface area (Å²) >= 11 is 0. The highest BCUT2D eigenvalue weighted by Gasteiger charge is 2.11. The van der Waals surface area contributed by atoms with Gasteiger partial charge in [0, 0.05) is 0 Å². The molecule has 0 N–H and O–H groups in total. The van der Waals surface area contributed by atoms with Gasteiger partial charge in [0.15, 0.2) is 0 Å². The molecule has 0 saturated carbocycles. The van der Waals surface area contributed by atoms with Crippen molar-refractivity contribution in [3.63, 3.8) is 0 Å². The molecule has 0 aliphatic rings. The van der Waals surface area contributed by atoms with Gasteiger partial charge in [-0.05, 0) is 87.4 Å². The average molecular weight is 388 g/mol. The summed E-state index contributed by atoms with van der Waals surface area (Å²) in [5.74, 6) is 0.800. The number of ether oxygens (including phenoxy) is 2. The number of nitrogens with zero attached hydrogens (tertiary/aromatic N) is 2. The summed E-state index contributed by atoms with van der Waals surface area (Å²) < 4.78 is 10.9. The van der Waals surface area contributed by atoms with Crippen molar-refractivity contribution in [3.05, 3.63) is 82.9 Å². The van der Waals surface area contributed by atoms with Crippen LogP contribution in [0.1, 0.15) is 34.0 Å². The molecule has 3 rings (SSSR count). The second kappa shape index (κ2) is 9.15. The number of rotatable bonds is 6. The van der Waals surface area contributed by atoms with E-state index in [2.05, 4.69) is 16.3 Å². The lowest BCUT2D eigenvalue weighted by Gasteiger charge is -2.08. The standard InChI is InChI=1S/C24H24N2O3/c1-5-28-21-10-7-19(8-11-21)24(27)29-23-13-9-20(15-18(23)4)25-26-22-12-6-16(2)14-17(22)3/h6-15H,5H2,1-4H3. The molecule has 0 atom stereocenters. The first-order valence-corrected chi connectivity index (χ1v) is 9.51. The number of azo groups is 1. The Hall–Kier alpha value is -3.47. The van der Waals surface area contributed by atoms with Gasteiger partial charge in [-0.3, -0.25) is 0 Å². The summed E-state index contributed by atoms with van der Waals surface area (Å²) in [6.07, 6.45) is 0. The van der Waals surface area contributed by atoms with E-state index in [0.29, 0.717) is 23.6 Å². The Balaban J connectivity index is 1.70. The highest BCUT2D eigenvalue weighted by atomic mass is 16.5. The van der Waals surface area contributed by atoms with Gasteiger partial charge in [0.05, 0.1) is 23.5 Å². The maximum absolute atomic E-state index is 12.4. The normalized spacial score (nSPS) is 10.9. The van der Waals surface area contributed by atoms with Crippen LogP contribution in [0, 0.1) is 20.8 Å². The lowest BCUT2D eigenvalue weighted by Crippen LogP contribution is -2.09. The highest BCUT2D eigenvalue weighted by Crippen LogP contribution is 2.27. The Morgan fingerprint density at radius 2 is 1.62 bits per heavy atom. The zero-order valence-electron chi connectivity index (χ0n) is 17.1. The van der Waals surface area contributed by atoms with Gasteiger partial charge in [0.1, 0.15) is 11.5 Å². The van der Waals surface area contributed by atoms with Crippen LogP contribution >= 0.6 is 0 Å². The minimum atomic E-state index is -0.416. The molecule has 0 spiro atoms. The first-order chi connectivity index (χ1) is 14.0. The third-order valence-electron chi connectivity index (χ3n) is 4.39. The van der Waals surface area contributed by atoms with Crippen LogP contribution in [0.25, 0.3) is 0 Å². The molecular weight excluding hydrogens is 364 g/mol. The Bertz CT molecular complexity index is 1040. The maximum Gasteiger partial charge on any atom is 0.343 e. The van der Waals surface area contributed by atoms with E-state index in [1.807, 2.05) is 45.9 Å². The van der Waals surface area contributed by atoms with E-state index >= 15 is 0 Å². The van der Waals surface area contributed by atoms with Gasteiger partial charge in [-0.2, -0.15) is 10.2 Å². The molecule has 0 fully saturated rings. The van der Waals surface area contributed by atoms with Crippen LogP contribution in [-0.4, -0.2) is 12.6 Å². The number of aryl methyl sites for hydroxylation is 3. The zero-order chi connectivity index (χ0) is 20.8. The van der Waals surface area contributed by atoms with Crippen LogP contribution in [0.3, 0.4) is 0 Å². The predicted molar refractivity (Wildman–Crippen MR) is 114 cm³/mol. The fourth-order valence-electron chi connectivity index (χ4n) is 2.85. The second-order valence-corrected chi connectivity index (χ2v) is 6.79. The number of benzene rings is 3. The lowest BCUT2D eigenvalue weighted by molar-refractivity contribution is 0.0733. The molecule has 29 heavy (non-hydrogen) atoms. The smallest absolute Gasteiger partial charge is 0.343 e. The van der Waals surface area contributed by atoms with Crippen molar-refractivity contribution in [2.75, 3.05) is 6.61 Å². The van der Waals surface area contributed by atoms with Crippen molar-refractivity contribution in [1.29, 1.82) is 0 Å². The Kier molecular flexibility index (Phi) is 6.39. The van der Waals surface area contributed by atoms with E-state index in [-0.39, 0.29) is 0 Å². The third-order valence-corrected chi connectivity index (χ3v) is 4.39. The van der Waals surface area contributed by atoms with Crippen molar-refractivity contribution in [3.8, 4) is 11.5 Å². The molecule has 3 aromatic carbocycles. The van der Waals surface area contributed by atoms with E-state index in [4.69, 9.17) is 9.47 Å². The van der Waals surface area contributed by atoms with Crippen LogP contribution in [0.15, 0.2) is 70.9 Å². The molecule has 0 aromatic heterocycles. The molecular formula is C24H24N2O3. The summed E-state index contributed by atoms with van der Waals surface area (Å²) in [6, 6.07) is 18.3. The Morgan fingerprint density at radius 1 is 0.862 bits per heavy atom. The van der Waals surface area contributed by atoms with E-state index < -0.39 is 5.97 Å². The molecule has 5 heteroatoms. The first kappa shape index (κ1) is 20.3. The van der Waals surface area contributed by atoms with Crippen molar-refractivity contribution >= 4 is 17.3 Å². The van der Waals surface area contributed by atoms with Crippen molar-refractivity contribution < 1.29 is 14.3 Å². The third kappa shape index (κ3) is 5.29. The molecule has 0 unspecified atom stereocenters. The molecule has 5 nitrogen and oxygen atoms in total. The van der Waals surface area contributed by atoms with E-state index in [9.17, 15) is 4.79 Å². The SMILES string of the molecule is CCOc1ccc(C(=O)Oc2ccc(N=Nc3ccc(C)cc3C)cc2C)cc1. The van der Waals surface area contributed by atoms with E-state index in [1.165, 1.54) is 5.56 Å². The van der Waals surface area contributed by atoms with Crippen LogP contribution < -0.4 is 9.47 Å². The van der Waals surface area contributed by atoms with Crippen LogP contribution in [0.4, 0.5) is 11.4 Å². The minimum Gasteiger partial charge on any atom is -0.494 e. The predicted octanol–water partition coefficient (Wildman–Crippen LogP) is 6.65. The number of esters is 1. The van der Waals surface area contributed by atoms with Gasteiger partial charge in [0.25, 0.3) is 0 Å². The molecule has 0 amide bonds. The van der Waals surface area contributed by atoms with Gasteiger partial charge in [-0.1, -0.05) is 17.7 Å². The molecule has 148 valence electrons. The monoisotopic (exact) mass is 388 g/mol. The van der Waals surface area contributed by atoms with Gasteiger partial charge in [-0.15, -0.1) is 0 Å². The lowest BCUT2D eigenvalue weighted by atomic mass is 10.1. The highest BCUT2D eigenvalue weighted by molar-refractivity contribution is 5.91. The van der Waals surface area contributed by atoms with Crippen molar-refractivity contribution in [1.82, 2.24) is 0 Å². The number of carbonyl (C=O) groups is 1. The molecule has 0 radical (unpaired) electrons. The van der Waals surface area contributed by atoms with Gasteiger partial charge in [0.2, 0.25) is 0 Å². The second-order valence-electron chi connectivity index (χ2n) is 6.79. The average Bonchev–Trinajstić information content (AvgIpc) is 2.70. The Morgan fingerprint density at radius 3 is 2.28 bits per heavy atom. The van der Waals surface area contributed by atoms with Crippen molar-refractivity contribution in [2.24, 2.45) is 10.2 Å². The topological polar surface area (TPSA) is 60.2 Å². The molecule has 0 heterocycles. The van der Waals surface area contributed by atoms with Crippen LogP contribution in [0.5, 0.6) is 11.5 Å². The molecule has 3 aromatic rings. The van der Waals surface area contributed by atoms with Gasteiger partial charge in [-0.25, -0.2) is 4.79 Å². The summed E-state index contributed by atoms with van der Waals surface area (Å²) in [5.41, 5.74) is 5.07. The molecule has 0 bridgehead atoms. The van der Waals surface area contributed by atoms with E-state index in [1.54, 1.807) is 36.4 Å². The fraction of sp³-hybridized carbons (Fsp3) is 0.208. The molecule has 0 saturated heterocycles. The number of hydrogen-bond donors (Lipinski definition) is 0. The van der Waals surface area contributed by atoms with Gasteiger partial charge >= 0.3 is 5.97 Å². The summed E-state index contributed by atoms with van der Waals surface area (Å²) in [6.45, 7) is 8.42. The fourth-order valence-corrected chi connectivity index (χ4v) is 2.85. The quantitative estimate of drug-likeness (QED) is 0.270. The number of hydrogen-bond acceptors (Lipinski definition) is 5. The maximum atomic E-state index is 12.4. The van der Waals surface area contributed by atoms with Crippen LogP contribution in [0.2, 0.25) is 0 Å². The van der Waals surface area contributed by atoms with Crippen molar-refractivity contribution in [2.45, 2.75) is 27.7 Å². The zero-order valence-corrected chi connectivity index (χ0v) is 17.1. The Labute approximate surface area is 171 Å². The van der Waals surface area contributed by atoms with E-state index in [0.717, 1.165) is 22.6 Å². The summed E-state index contributed by atoms with van der Waals surface area (Å²) in [4.78, 5) is 12.4. The molecule has 0 aliphatic carbocycles. The molecule has 0 aliphatic heterocycles. The number of carbonyl (C=O) groups excluding carboxylic acids is 1. The van der Waals surface area contributed by atoms with Crippen LogP contribution in [-0.2, 0) is 0 Å². The first-order valence-electron chi connectivity index (χ1n) is 9.51. The summed E-state index contributed by atoms with van der Waals surface area (Å²) in [7, 11) is 0. The largest absolute Gasteiger partial charge is 0.494 e.